The molecule has 0 aliphatic heterocycles. The quantitative estimate of drug-likeness (QED) is 0.792. The van der Waals surface area contributed by atoms with E-state index >= 15 is 0 Å². The Morgan fingerprint density at radius 3 is 2.52 bits per heavy atom. The van der Waals surface area contributed by atoms with Crippen LogP contribution in [0.4, 0.5) is 14.9 Å². The van der Waals surface area contributed by atoms with Crippen molar-refractivity contribution in [2.45, 2.75) is 26.3 Å². The predicted molar refractivity (Wildman–Crippen MR) is 77.9 cm³/mol. The van der Waals surface area contributed by atoms with Crippen LogP contribution in [0.15, 0.2) is 18.2 Å². The molecule has 0 saturated carbocycles. The summed E-state index contributed by atoms with van der Waals surface area (Å²) in [6, 6.07) is 3.33. The number of halogens is 1. The molecule has 0 heterocycles. The first-order valence-electron chi connectivity index (χ1n) is 6.40. The molecule has 7 heteroatoms. The summed E-state index contributed by atoms with van der Waals surface area (Å²) in [6.07, 6.45) is 0. The van der Waals surface area contributed by atoms with Crippen LogP contribution in [-0.4, -0.2) is 31.1 Å². The van der Waals surface area contributed by atoms with Crippen LogP contribution in [0, 0.1) is 5.82 Å². The molecule has 0 aliphatic carbocycles. The first kappa shape index (κ1) is 16.7. The topological polar surface area (TPSA) is 79.5 Å². The van der Waals surface area contributed by atoms with Gasteiger partial charge >= 0.3 is 6.03 Å². The van der Waals surface area contributed by atoms with Gasteiger partial charge in [0, 0.05) is 11.6 Å². The molecule has 116 valence electrons. The molecule has 0 aliphatic rings. The fourth-order valence-corrected chi connectivity index (χ4v) is 1.53. The molecule has 0 radical (unpaired) electrons. The van der Waals surface area contributed by atoms with E-state index in [1.54, 1.807) is 20.8 Å². The maximum atomic E-state index is 13.0. The van der Waals surface area contributed by atoms with Crippen molar-refractivity contribution in [1.29, 1.82) is 0 Å². The van der Waals surface area contributed by atoms with Gasteiger partial charge < -0.3 is 15.4 Å². The number of nitrogens with one attached hydrogen (secondary N) is 3. The van der Waals surface area contributed by atoms with Gasteiger partial charge in [0.05, 0.1) is 19.3 Å². The van der Waals surface area contributed by atoms with E-state index in [2.05, 4.69) is 16.0 Å². The summed E-state index contributed by atoms with van der Waals surface area (Å²) in [6.45, 7) is 5.27. The molecule has 0 unspecified atom stereocenters. The highest BCUT2D eigenvalue weighted by Gasteiger charge is 2.15. The molecule has 21 heavy (non-hydrogen) atoms. The van der Waals surface area contributed by atoms with Gasteiger partial charge in [-0.2, -0.15) is 0 Å². The lowest BCUT2D eigenvalue weighted by molar-refractivity contribution is -0.118. The van der Waals surface area contributed by atoms with Crippen molar-refractivity contribution >= 4 is 17.6 Å². The number of hydrogen-bond acceptors (Lipinski definition) is 4. The van der Waals surface area contributed by atoms with Crippen molar-refractivity contribution in [3.63, 3.8) is 0 Å². The molecule has 3 amide bonds. The predicted octanol–water partition coefficient (Wildman–Crippen LogP) is 1.87. The van der Waals surface area contributed by atoms with Crippen LogP contribution in [-0.2, 0) is 4.79 Å². The summed E-state index contributed by atoms with van der Waals surface area (Å²) < 4.78 is 18.0. The first-order valence-corrected chi connectivity index (χ1v) is 6.40. The molecule has 0 bridgehead atoms. The molecule has 0 atom stereocenters. The van der Waals surface area contributed by atoms with Crippen LogP contribution >= 0.6 is 0 Å². The van der Waals surface area contributed by atoms with Gasteiger partial charge in [0.25, 0.3) is 0 Å². The van der Waals surface area contributed by atoms with Gasteiger partial charge in [0.1, 0.15) is 11.6 Å². The Hall–Kier alpha value is -2.31. The van der Waals surface area contributed by atoms with Gasteiger partial charge in [0.2, 0.25) is 5.91 Å². The minimum absolute atomic E-state index is 0.139. The largest absolute Gasteiger partial charge is 0.494 e. The Bertz CT molecular complexity index is 527. The molecule has 0 fully saturated rings. The van der Waals surface area contributed by atoms with E-state index < -0.39 is 23.3 Å². The Kier molecular flexibility index (Phi) is 5.52. The number of methoxy groups -OCH3 is 1. The Balaban J connectivity index is 2.52. The van der Waals surface area contributed by atoms with Crippen molar-refractivity contribution in [3.8, 4) is 5.75 Å². The highest BCUT2D eigenvalue weighted by Crippen LogP contribution is 2.24. The molecule has 1 aromatic rings. The number of anilines is 1. The smallest absolute Gasteiger partial charge is 0.321 e. The second-order valence-corrected chi connectivity index (χ2v) is 5.45. The zero-order chi connectivity index (χ0) is 16.0. The lowest BCUT2D eigenvalue weighted by atomic mass is 10.1. The minimum Gasteiger partial charge on any atom is -0.494 e. The van der Waals surface area contributed by atoms with Crippen LogP contribution < -0.4 is 20.7 Å². The van der Waals surface area contributed by atoms with Gasteiger partial charge in [-0.1, -0.05) is 0 Å². The van der Waals surface area contributed by atoms with E-state index in [0.29, 0.717) is 5.69 Å². The van der Waals surface area contributed by atoms with E-state index in [1.807, 2.05) is 0 Å². The average molecular weight is 297 g/mol. The van der Waals surface area contributed by atoms with Gasteiger partial charge in [-0.3, -0.25) is 10.1 Å². The Labute approximate surface area is 123 Å². The van der Waals surface area contributed by atoms with Gasteiger partial charge in [0.15, 0.2) is 0 Å². The lowest BCUT2D eigenvalue weighted by Crippen LogP contribution is -2.49. The fourth-order valence-electron chi connectivity index (χ4n) is 1.53. The van der Waals surface area contributed by atoms with Gasteiger partial charge in [-0.25, -0.2) is 9.18 Å². The zero-order valence-electron chi connectivity index (χ0n) is 12.5. The number of carbonyl (C=O) groups excluding carboxylic acids is 2. The molecule has 6 nitrogen and oxygen atoms in total. The molecule has 0 saturated heterocycles. The van der Waals surface area contributed by atoms with E-state index in [9.17, 15) is 14.0 Å². The van der Waals surface area contributed by atoms with Crippen molar-refractivity contribution in [2.24, 2.45) is 0 Å². The molecule has 0 spiro atoms. The molecule has 1 aromatic carbocycles. The third-order valence-corrected chi connectivity index (χ3v) is 2.34. The van der Waals surface area contributed by atoms with Gasteiger partial charge in [-0.15, -0.1) is 0 Å². The van der Waals surface area contributed by atoms with Crippen molar-refractivity contribution in [1.82, 2.24) is 10.6 Å². The monoisotopic (exact) mass is 297 g/mol. The van der Waals surface area contributed by atoms with Crippen molar-refractivity contribution in [2.75, 3.05) is 19.0 Å². The van der Waals surface area contributed by atoms with Crippen molar-refractivity contribution in [3.05, 3.63) is 24.0 Å². The number of rotatable bonds is 4. The zero-order valence-corrected chi connectivity index (χ0v) is 12.5. The fraction of sp³-hybridized carbons (Fsp3) is 0.429. The molecule has 3 N–H and O–H groups in total. The second kappa shape index (κ2) is 6.92. The van der Waals surface area contributed by atoms with E-state index in [1.165, 1.54) is 25.3 Å². The van der Waals surface area contributed by atoms with E-state index in [0.717, 1.165) is 0 Å². The number of ether oxygens (including phenoxy) is 1. The second-order valence-electron chi connectivity index (χ2n) is 5.45. The van der Waals surface area contributed by atoms with Crippen LogP contribution in [0.3, 0.4) is 0 Å². The number of urea groups is 1. The van der Waals surface area contributed by atoms with Crippen LogP contribution in [0.25, 0.3) is 0 Å². The summed E-state index contributed by atoms with van der Waals surface area (Å²) in [5.74, 6) is -0.670. The Morgan fingerprint density at radius 1 is 1.29 bits per heavy atom. The number of benzene rings is 1. The van der Waals surface area contributed by atoms with E-state index in [4.69, 9.17) is 4.74 Å². The summed E-state index contributed by atoms with van der Waals surface area (Å²) >= 11 is 0. The third-order valence-electron chi connectivity index (χ3n) is 2.34. The highest BCUT2D eigenvalue weighted by atomic mass is 19.1. The number of carbonyl (C=O) groups is 2. The summed E-state index contributed by atoms with van der Waals surface area (Å²) in [5.41, 5.74) is 0.0307. The normalized spacial score (nSPS) is 10.7. The number of hydrogen-bond donors (Lipinski definition) is 3. The molecular formula is C14H20FN3O3. The summed E-state index contributed by atoms with van der Waals surface area (Å²) in [5, 5.41) is 7.57. The molecule has 0 aromatic heterocycles. The first-order chi connectivity index (χ1) is 9.71. The number of imide groups is 1. The van der Waals surface area contributed by atoms with Crippen LogP contribution in [0.5, 0.6) is 5.75 Å². The lowest BCUT2D eigenvalue weighted by Gasteiger charge is -2.20. The van der Waals surface area contributed by atoms with Gasteiger partial charge in [-0.05, 0) is 32.9 Å². The van der Waals surface area contributed by atoms with Crippen LogP contribution in [0.2, 0.25) is 0 Å². The van der Waals surface area contributed by atoms with Crippen molar-refractivity contribution < 1.29 is 18.7 Å². The SMILES string of the molecule is COc1cc(F)ccc1NCC(=O)NC(=O)NC(C)(C)C. The van der Waals surface area contributed by atoms with Crippen LogP contribution in [0.1, 0.15) is 20.8 Å². The molecular weight excluding hydrogens is 277 g/mol. The number of amides is 3. The maximum Gasteiger partial charge on any atom is 0.321 e. The minimum atomic E-state index is -0.569. The van der Waals surface area contributed by atoms with E-state index in [-0.39, 0.29) is 12.3 Å². The standard InChI is InChI=1S/C14H20FN3O3/c1-14(2,3)18-13(20)17-12(19)8-16-10-6-5-9(15)7-11(10)21-4/h5-7,16H,8H2,1-4H3,(H2,17,18,19,20). The highest BCUT2D eigenvalue weighted by molar-refractivity contribution is 5.96. The average Bonchev–Trinajstić information content (AvgIpc) is 2.34. The molecule has 1 rings (SSSR count). The maximum absolute atomic E-state index is 13.0. The third kappa shape index (κ3) is 6.11. The summed E-state index contributed by atoms with van der Waals surface area (Å²) in [4.78, 5) is 23.1. The Morgan fingerprint density at radius 2 is 1.95 bits per heavy atom. The summed E-state index contributed by atoms with van der Waals surface area (Å²) in [7, 11) is 1.40.